The van der Waals surface area contributed by atoms with Gasteiger partial charge in [-0.3, -0.25) is 9.58 Å². The minimum absolute atomic E-state index is 0.361. The summed E-state index contributed by atoms with van der Waals surface area (Å²) in [6.07, 6.45) is 8.63. The molecule has 1 saturated heterocycles. The first-order valence-corrected chi connectivity index (χ1v) is 7.34. The van der Waals surface area contributed by atoms with Crippen molar-refractivity contribution in [3.05, 3.63) is 18.5 Å². The molecule has 1 aromatic heterocycles. The topological polar surface area (TPSA) is 50.5 Å². The lowest BCUT2D eigenvalue weighted by molar-refractivity contribution is -0.0981. The number of aliphatic hydroxyl groups excluding tert-OH is 1. The van der Waals surface area contributed by atoms with Gasteiger partial charge in [-0.25, -0.2) is 0 Å². The van der Waals surface area contributed by atoms with E-state index in [0.717, 1.165) is 19.7 Å². The van der Waals surface area contributed by atoms with Crippen LogP contribution in [0.3, 0.4) is 0 Å². The third kappa shape index (κ3) is 3.16. The molecule has 0 radical (unpaired) electrons. The Morgan fingerprint density at radius 3 is 3.05 bits per heavy atom. The van der Waals surface area contributed by atoms with Crippen molar-refractivity contribution in [3.63, 3.8) is 0 Å². The molecule has 5 nitrogen and oxygen atoms in total. The summed E-state index contributed by atoms with van der Waals surface area (Å²) in [5, 5.41) is 14.4. The van der Waals surface area contributed by atoms with E-state index in [1.54, 1.807) is 10.9 Å². The molecule has 1 aromatic rings. The number of fused-ring (bicyclic) bond motifs is 1. The van der Waals surface area contributed by atoms with E-state index in [0.29, 0.717) is 18.7 Å². The lowest BCUT2D eigenvalue weighted by atomic mass is 9.90. The third-order valence-electron chi connectivity index (χ3n) is 4.25. The van der Waals surface area contributed by atoms with E-state index in [4.69, 9.17) is 4.74 Å². The van der Waals surface area contributed by atoms with Crippen LogP contribution in [-0.4, -0.2) is 57.7 Å². The maximum atomic E-state index is 10.2. The monoisotopic (exact) mass is 265 g/mol. The zero-order chi connectivity index (χ0) is 13.1. The summed E-state index contributed by atoms with van der Waals surface area (Å²) in [4.78, 5) is 2.42. The van der Waals surface area contributed by atoms with E-state index in [1.165, 1.54) is 25.7 Å². The van der Waals surface area contributed by atoms with Crippen molar-refractivity contribution < 1.29 is 9.84 Å². The van der Waals surface area contributed by atoms with Crippen molar-refractivity contribution in [3.8, 4) is 0 Å². The molecule has 2 fully saturated rings. The van der Waals surface area contributed by atoms with Gasteiger partial charge in [0.15, 0.2) is 0 Å². The van der Waals surface area contributed by atoms with Crippen LogP contribution in [0.2, 0.25) is 0 Å². The standard InChI is InChI=1S/C14H23N3O2/c18-12(11-17-7-3-6-15-17)10-16-8-9-19-14-5-2-1-4-13(14)16/h3,6-7,12-14,18H,1-2,4-5,8-11H2. The predicted molar refractivity (Wildman–Crippen MR) is 71.8 cm³/mol. The van der Waals surface area contributed by atoms with Gasteiger partial charge >= 0.3 is 0 Å². The summed E-state index contributed by atoms with van der Waals surface area (Å²) in [6.45, 7) is 3.04. The Hall–Kier alpha value is -0.910. The van der Waals surface area contributed by atoms with Gasteiger partial charge in [-0.15, -0.1) is 0 Å². The van der Waals surface area contributed by atoms with Crippen LogP contribution >= 0.6 is 0 Å². The lowest BCUT2D eigenvalue weighted by Gasteiger charge is -2.44. The van der Waals surface area contributed by atoms with Gasteiger partial charge in [0.2, 0.25) is 0 Å². The van der Waals surface area contributed by atoms with Crippen molar-refractivity contribution in [1.82, 2.24) is 14.7 Å². The van der Waals surface area contributed by atoms with E-state index in [9.17, 15) is 5.11 Å². The number of morpholine rings is 1. The van der Waals surface area contributed by atoms with Crippen LogP contribution in [0, 0.1) is 0 Å². The zero-order valence-electron chi connectivity index (χ0n) is 11.3. The number of aliphatic hydroxyl groups is 1. The van der Waals surface area contributed by atoms with E-state index in [-0.39, 0.29) is 6.10 Å². The molecule has 1 N–H and O–H groups in total. The smallest absolute Gasteiger partial charge is 0.0862 e. The summed E-state index contributed by atoms with van der Waals surface area (Å²) < 4.78 is 7.65. The number of rotatable bonds is 4. The molecule has 1 aliphatic heterocycles. The fourth-order valence-corrected chi connectivity index (χ4v) is 3.36. The van der Waals surface area contributed by atoms with Crippen LogP contribution < -0.4 is 0 Å². The highest BCUT2D eigenvalue weighted by molar-refractivity contribution is 4.88. The highest BCUT2D eigenvalue weighted by atomic mass is 16.5. The molecule has 2 heterocycles. The number of nitrogens with zero attached hydrogens (tertiary/aromatic N) is 3. The van der Waals surface area contributed by atoms with Gasteiger partial charge in [0, 0.05) is 31.5 Å². The Morgan fingerprint density at radius 1 is 1.32 bits per heavy atom. The van der Waals surface area contributed by atoms with Gasteiger partial charge in [0.25, 0.3) is 0 Å². The molecule has 0 bridgehead atoms. The predicted octanol–water partition coefficient (Wildman–Crippen LogP) is 0.887. The minimum atomic E-state index is -0.361. The second-order valence-corrected chi connectivity index (χ2v) is 5.64. The first-order valence-electron chi connectivity index (χ1n) is 7.34. The van der Waals surface area contributed by atoms with Crippen LogP contribution in [0.1, 0.15) is 25.7 Å². The van der Waals surface area contributed by atoms with Crippen molar-refractivity contribution in [1.29, 1.82) is 0 Å². The van der Waals surface area contributed by atoms with Crippen LogP contribution in [0.5, 0.6) is 0 Å². The highest BCUT2D eigenvalue weighted by Crippen LogP contribution is 2.28. The molecule has 106 valence electrons. The largest absolute Gasteiger partial charge is 0.390 e. The van der Waals surface area contributed by atoms with Gasteiger partial charge in [-0.05, 0) is 18.9 Å². The van der Waals surface area contributed by atoms with Crippen molar-refractivity contribution in [2.75, 3.05) is 19.7 Å². The molecule has 3 rings (SSSR count). The van der Waals surface area contributed by atoms with Gasteiger partial charge < -0.3 is 9.84 Å². The average Bonchev–Trinajstić information content (AvgIpc) is 2.92. The molecular formula is C14H23N3O2. The van der Waals surface area contributed by atoms with Crippen molar-refractivity contribution in [2.24, 2.45) is 0 Å². The summed E-state index contributed by atoms with van der Waals surface area (Å²) in [5.41, 5.74) is 0. The highest BCUT2D eigenvalue weighted by Gasteiger charge is 2.34. The zero-order valence-corrected chi connectivity index (χ0v) is 11.3. The average molecular weight is 265 g/mol. The molecule has 19 heavy (non-hydrogen) atoms. The SMILES string of the molecule is OC(CN1CCOC2CCCCC21)Cn1cccn1. The normalized spacial score (nSPS) is 29.9. The summed E-state index contributed by atoms with van der Waals surface area (Å²) >= 11 is 0. The molecule has 3 unspecified atom stereocenters. The maximum absolute atomic E-state index is 10.2. The molecule has 3 atom stereocenters. The first kappa shape index (κ1) is 13.1. The van der Waals surface area contributed by atoms with E-state index in [2.05, 4.69) is 10.00 Å². The Bertz CT molecular complexity index is 380. The molecule has 0 aromatic carbocycles. The van der Waals surface area contributed by atoms with Crippen LogP contribution in [-0.2, 0) is 11.3 Å². The van der Waals surface area contributed by atoms with Gasteiger partial charge in [-0.1, -0.05) is 12.8 Å². The fourth-order valence-electron chi connectivity index (χ4n) is 3.36. The van der Waals surface area contributed by atoms with E-state index >= 15 is 0 Å². The first-order chi connectivity index (χ1) is 9.33. The van der Waals surface area contributed by atoms with E-state index in [1.807, 2.05) is 12.3 Å². The molecular weight excluding hydrogens is 242 g/mol. The summed E-state index contributed by atoms with van der Waals surface area (Å²) in [7, 11) is 0. The van der Waals surface area contributed by atoms with Crippen LogP contribution in [0.15, 0.2) is 18.5 Å². The van der Waals surface area contributed by atoms with Crippen LogP contribution in [0.25, 0.3) is 0 Å². The maximum Gasteiger partial charge on any atom is 0.0862 e. The van der Waals surface area contributed by atoms with Gasteiger partial charge in [0.1, 0.15) is 0 Å². The Labute approximate surface area is 114 Å². The summed E-state index contributed by atoms with van der Waals surface area (Å²) in [5.74, 6) is 0. The molecule has 2 aliphatic rings. The number of hydrogen-bond acceptors (Lipinski definition) is 4. The number of hydrogen-bond donors (Lipinski definition) is 1. The Kier molecular flexibility index (Phi) is 4.15. The second-order valence-electron chi connectivity index (χ2n) is 5.64. The van der Waals surface area contributed by atoms with Gasteiger partial charge in [0.05, 0.1) is 25.4 Å². The Morgan fingerprint density at radius 2 is 2.21 bits per heavy atom. The molecule has 1 saturated carbocycles. The molecule has 5 heteroatoms. The van der Waals surface area contributed by atoms with E-state index < -0.39 is 0 Å². The molecule has 0 amide bonds. The molecule has 1 aliphatic carbocycles. The van der Waals surface area contributed by atoms with Crippen LogP contribution in [0.4, 0.5) is 0 Å². The number of aromatic nitrogens is 2. The third-order valence-corrected chi connectivity index (χ3v) is 4.25. The second kappa shape index (κ2) is 6.03. The number of ether oxygens (including phenoxy) is 1. The molecule has 0 spiro atoms. The lowest BCUT2D eigenvalue weighted by Crippen LogP contribution is -2.54. The minimum Gasteiger partial charge on any atom is -0.390 e. The Balaban J connectivity index is 1.55. The summed E-state index contributed by atoms with van der Waals surface area (Å²) in [6, 6.07) is 2.40. The van der Waals surface area contributed by atoms with Gasteiger partial charge in [-0.2, -0.15) is 5.10 Å². The quantitative estimate of drug-likeness (QED) is 0.878. The van der Waals surface area contributed by atoms with Crippen molar-refractivity contribution in [2.45, 2.75) is 50.5 Å². The number of β-amino-alcohol motifs (C(OH)–C–C–N with tert-alkyl or cyclic N) is 1. The van der Waals surface area contributed by atoms with Crippen molar-refractivity contribution >= 4 is 0 Å². The fraction of sp³-hybridized carbons (Fsp3) is 0.786.